The van der Waals surface area contributed by atoms with E-state index in [1.54, 1.807) is 6.20 Å². The van der Waals surface area contributed by atoms with E-state index < -0.39 is 0 Å². The molecule has 0 unspecified atom stereocenters. The molecule has 2 N–H and O–H groups in total. The van der Waals surface area contributed by atoms with Crippen LogP contribution in [0.1, 0.15) is 22.4 Å². The number of aryl methyl sites for hydroxylation is 3. The van der Waals surface area contributed by atoms with Crippen LogP contribution in [0.3, 0.4) is 0 Å². The lowest BCUT2D eigenvalue weighted by Crippen LogP contribution is -1.92. The number of benzene rings is 1. The average Bonchev–Trinajstić information content (AvgIpc) is 2.64. The van der Waals surface area contributed by atoms with Crippen LogP contribution in [0.25, 0.3) is 11.4 Å². The summed E-state index contributed by atoms with van der Waals surface area (Å²) in [5, 5.41) is 9.01. The quantitative estimate of drug-likeness (QED) is 0.810. The van der Waals surface area contributed by atoms with Crippen molar-refractivity contribution in [2.75, 3.05) is 0 Å². The van der Waals surface area contributed by atoms with Crippen molar-refractivity contribution < 1.29 is 5.11 Å². The number of nitrogens with one attached hydrogen (secondary N) is 1. The number of hydrogen-bond acceptors (Lipinski definition) is 2. The molecule has 1 heterocycles. The standard InChI is InChI=1S/C13H16N2O/c1-8-4-9(2)12(10(3)5-8)13-14-6-11(7-16)15-13/h4-6,16H,7H2,1-3H3,(H,14,15). The molecule has 2 aromatic rings. The fraction of sp³-hybridized carbons (Fsp3) is 0.308. The third-order valence-corrected chi connectivity index (χ3v) is 2.71. The van der Waals surface area contributed by atoms with E-state index in [1.165, 1.54) is 16.7 Å². The predicted octanol–water partition coefficient (Wildman–Crippen LogP) is 2.49. The van der Waals surface area contributed by atoms with Gasteiger partial charge in [0.1, 0.15) is 5.82 Å². The number of aromatic amines is 1. The van der Waals surface area contributed by atoms with Gasteiger partial charge < -0.3 is 10.1 Å². The van der Waals surface area contributed by atoms with Crippen LogP contribution >= 0.6 is 0 Å². The molecule has 0 atom stereocenters. The highest BCUT2D eigenvalue weighted by atomic mass is 16.3. The van der Waals surface area contributed by atoms with Gasteiger partial charge >= 0.3 is 0 Å². The normalized spacial score (nSPS) is 10.8. The topological polar surface area (TPSA) is 48.9 Å². The summed E-state index contributed by atoms with van der Waals surface area (Å²) < 4.78 is 0. The molecule has 0 aliphatic carbocycles. The van der Waals surface area contributed by atoms with Crippen LogP contribution in [-0.2, 0) is 6.61 Å². The van der Waals surface area contributed by atoms with Crippen molar-refractivity contribution in [1.29, 1.82) is 0 Å². The highest BCUT2D eigenvalue weighted by molar-refractivity contribution is 5.65. The first-order valence-corrected chi connectivity index (χ1v) is 5.34. The van der Waals surface area contributed by atoms with Crippen LogP contribution in [0.4, 0.5) is 0 Å². The molecular weight excluding hydrogens is 200 g/mol. The lowest BCUT2D eigenvalue weighted by atomic mass is 9.99. The SMILES string of the molecule is Cc1cc(C)c(-c2ncc(CO)[nH]2)c(C)c1. The Bertz CT molecular complexity index is 491. The van der Waals surface area contributed by atoms with Gasteiger partial charge in [-0.25, -0.2) is 4.98 Å². The fourth-order valence-corrected chi connectivity index (χ4v) is 2.12. The summed E-state index contributed by atoms with van der Waals surface area (Å²) in [6.07, 6.45) is 1.67. The zero-order valence-electron chi connectivity index (χ0n) is 9.83. The van der Waals surface area contributed by atoms with Crippen molar-refractivity contribution >= 4 is 0 Å². The summed E-state index contributed by atoms with van der Waals surface area (Å²) in [5.41, 5.74) is 5.54. The predicted molar refractivity (Wildman–Crippen MR) is 64.2 cm³/mol. The Morgan fingerprint density at radius 3 is 2.31 bits per heavy atom. The van der Waals surface area contributed by atoms with Gasteiger partial charge in [-0.05, 0) is 31.9 Å². The number of nitrogens with zero attached hydrogens (tertiary/aromatic N) is 1. The molecule has 16 heavy (non-hydrogen) atoms. The van der Waals surface area contributed by atoms with Crippen molar-refractivity contribution in [3.63, 3.8) is 0 Å². The van der Waals surface area contributed by atoms with Crippen molar-refractivity contribution in [1.82, 2.24) is 9.97 Å². The number of rotatable bonds is 2. The Hall–Kier alpha value is -1.61. The van der Waals surface area contributed by atoms with Crippen LogP contribution in [0.2, 0.25) is 0 Å². The van der Waals surface area contributed by atoms with Crippen LogP contribution in [0.15, 0.2) is 18.3 Å². The Labute approximate surface area is 95.2 Å². The second-order valence-corrected chi connectivity index (χ2v) is 4.19. The first-order chi connectivity index (χ1) is 7.61. The molecule has 0 fully saturated rings. The summed E-state index contributed by atoms with van der Waals surface area (Å²) in [7, 11) is 0. The molecule has 0 saturated carbocycles. The molecule has 0 radical (unpaired) electrons. The van der Waals surface area contributed by atoms with Gasteiger partial charge in [0.25, 0.3) is 0 Å². The van der Waals surface area contributed by atoms with E-state index >= 15 is 0 Å². The molecule has 2 rings (SSSR count). The Balaban J connectivity index is 2.55. The molecule has 3 heteroatoms. The van der Waals surface area contributed by atoms with Crippen molar-refractivity contribution in [3.8, 4) is 11.4 Å². The third kappa shape index (κ3) is 1.86. The minimum atomic E-state index is -0.00302. The molecule has 0 aliphatic heterocycles. The van der Waals surface area contributed by atoms with Gasteiger partial charge in [0.2, 0.25) is 0 Å². The Morgan fingerprint density at radius 1 is 1.19 bits per heavy atom. The van der Waals surface area contributed by atoms with E-state index in [-0.39, 0.29) is 6.61 Å². The molecule has 0 amide bonds. The molecular formula is C13H16N2O. The van der Waals surface area contributed by atoms with Gasteiger partial charge in [0.15, 0.2) is 0 Å². The maximum atomic E-state index is 9.01. The molecule has 1 aromatic heterocycles. The fourth-order valence-electron chi connectivity index (χ4n) is 2.12. The van der Waals surface area contributed by atoms with E-state index in [0.717, 1.165) is 17.1 Å². The third-order valence-electron chi connectivity index (χ3n) is 2.71. The first-order valence-electron chi connectivity index (χ1n) is 5.34. The molecule has 0 aliphatic rings. The second-order valence-electron chi connectivity index (χ2n) is 4.19. The van der Waals surface area contributed by atoms with Gasteiger partial charge in [-0.1, -0.05) is 17.7 Å². The van der Waals surface area contributed by atoms with E-state index in [9.17, 15) is 0 Å². The highest BCUT2D eigenvalue weighted by Gasteiger charge is 2.09. The van der Waals surface area contributed by atoms with Gasteiger partial charge in [-0.2, -0.15) is 0 Å². The number of aliphatic hydroxyl groups excluding tert-OH is 1. The molecule has 0 bridgehead atoms. The van der Waals surface area contributed by atoms with Crippen LogP contribution < -0.4 is 0 Å². The summed E-state index contributed by atoms with van der Waals surface area (Å²) in [6.45, 7) is 6.25. The van der Waals surface area contributed by atoms with E-state index in [1.807, 2.05) is 0 Å². The molecule has 0 saturated heterocycles. The molecule has 1 aromatic carbocycles. The Morgan fingerprint density at radius 2 is 1.81 bits per heavy atom. The molecule has 3 nitrogen and oxygen atoms in total. The van der Waals surface area contributed by atoms with Gasteiger partial charge in [0, 0.05) is 5.56 Å². The summed E-state index contributed by atoms with van der Waals surface area (Å²) >= 11 is 0. The summed E-state index contributed by atoms with van der Waals surface area (Å²) in [4.78, 5) is 7.41. The Kier molecular flexibility index (Phi) is 2.79. The second kappa shape index (κ2) is 4.10. The lowest BCUT2D eigenvalue weighted by Gasteiger charge is -2.08. The van der Waals surface area contributed by atoms with Crippen molar-refractivity contribution in [2.24, 2.45) is 0 Å². The van der Waals surface area contributed by atoms with Crippen molar-refractivity contribution in [2.45, 2.75) is 27.4 Å². The number of H-pyrrole nitrogens is 1. The minimum absolute atomic E-state index is 0.00302. The smallest absolute Gasteiger partial charge is 0.138 e. The zero-order chi connectivity index (χ0) is 11.7. The lowest BCUT2D eigenvalue weighted by molar-refractivity contribution is 0.277. The first kappa shape index (κ1) is 10.9. The average molecular weight is 216 g/mol. The zero-order valence-corrected chi connectivity index (χ0v) is 9.83. The van der Waals surface area contributed by atoms with E-state index in [0.29, 0.717) is 0 Å². The maximum absolute atomic E-state index is 9.01. The summed E-state index contributed by atoms with van der Waals surface area (Å²) in [6, 6.07) is 4.28. The number of aliphatic hydroxyl groups is 1. The van der Waals surface area contributed by atoms with Gasteiger partial charge in [0.05, 0.1) is 18.5 Å². The number of aromatic nitrogens is 2. The minimum Gasteiger partial charge on any atom is -0.390 e. The van der Waals surface area contributed by atoms with E-state index in [4.69, 9.17) is 5.11 Å². The van der Waals surface area contributed by atoms with Crippen LogP contribution in [-0.4, -0.2) is 15.1 Å². The van der Waals surface area contributed by atoms with Gasteiger partial charge in [-0.15, -0.1) is 0 Å². The molecule has 0 spiro atoms. The van der Waals surface area contributed by atoms with Crippen LogP contribution in [0, 0.1) is 20.8 Å². The number of hydrogen-bond donors (Lipinski definition) is 2. The van der Waals surface area contributed by atoms with Gasteiger partial charge in [-0.3, -0.25) is 0 Å². The summed E-state index contributed by atoms with van der Waals surface area (Å²) in [5.74, 6) is 0.832. The van der Waals surface area contributed by atoms with Crippen molar-refractivity contribution in [3.05, 3.63) is 40.7 Å². The highest BCUT2D eigenvalue weighted by Crippen LogP contribution is 2.25. The van der Waals surface area contributed by atoms with Crippen LogP contribution in [0.5, 0.6) is 0 Å². The number of imidazole rings is 1. The van der Waals surface area contributed by atoms with E-state index in [2.05, 4.69) is 42.9 Å². The molecule has 84 valence electrons. The maximum Gasteiger partial charge on any atom is 0.138 e. The largest absolute Gasteiger partial charge is 0.390 e. The monoisotopic (exact) mass is 216 g/mol.